The molecular weight excluding hydrogens is 427 g/mol. The van der Waals surface area contributed by atoms with Gasteiger partial charge in [-0.3, -0.25) is 4.79 Å². The molecule has 0 unspecified atom stereocenters. The molecule has 0 spiro atoms. The largest absolute Gasteiger partial charge is 0.486 e. The van der Waals surface area contributed by atoms with Crippen LogP contribution in [0.5, 0.6) is 5.75 Å². The fourth-order valence-corrected chi connectivity index (χ4v) is 3.49. The Morgan fingerprint density at radius 2 is 1.97 bits per heavy atom. The van der Waals surface area contributed by atoms with Crippen LogP contribution in [0.15, 0.2) is 47.6 Å². The van der Waals surface area contributed by atoms with Crippen molar-refractivity contribution in [2.75, 3.05) is 11.1 Å². The number of anilines is 1. The number of aromatic nitrogens is 3. The van der Waals surface area contributed by atoms with Gasteiger partial charge in [0.05, 0.1) is 10.8 Å². The minimum absolute atomic E-state index is 0.00781. The van der Waals surface area contributed by atoms with Gasteiger partial charge in [-0.05, 0) is 35.7 Å². The standard InChI is InChI=1S/C21H22ClFN4O2S/c1-13(2)14-4-6-15(7-5-14)24-20(28)12-30-21-26-25-19(27(21)3)11-29-16-8-9-18(23)17(22)10-16/h4-10,13H,11-12H2,1-3H3,(H,24,28). The molecule has 2 aromatic carbocycles. The van der Waals surface area contributed by atoms with Crippen molar-refractivity contribution in [3.63, 3.8) is 0 Å². The van der Waals surface area contributed by atoms with Crippen LogP contribution in [0, 0.1) is 5.82 Å². The highest BCUT2D eigenvalue weighted by Gasteiger charge is 2.13. The number of carbonyl (C=O) groups excluding carboxylic acids is 1. The van der Waals surface area contributed by atoms with Gasteiger partial charge >= 0.3 is 0 Å². The van der Waals surface area contributed by atoms with Gasteiger partial charge in [0.1, 0.15) is 18.2 Å². The number of ether oxygens (including phenoxy) is 1. The first kappa shape index (κ1) is 22.1. The zero-order valence-electron chi connectivity index (χ0n) is 16.9. The molecule has 0 saturated heterocycles. The molecule has 0 aliphatic rings. The second-order valence-electron chi connectivity index (χ2n) is 6.94. The van der Waals surface area contributed by atoms with Crippen molar-refractivity contribution in [3.8, 4) is 5.75 Å². The van der Waals surface area contributed by atoms with E-state index in [0.717, 1.165) is 5.69 Å². The monoisotopic (exact) mass is 448 g/mol. The molecule has 1 amide bonds. The Morgan fingerprint density at radius 3 is 2.63 bits per heavy atom. The molecule has 1 heterocycles. The van der Waals surface area contributed by atoms with E-state index in [9.17, 15) is 9.18 Å². The quantitative estimate of drug-likeness (QED) is 0.489. The minimum atomic E-state index is -0.504. The number of hydrogen-bond donors (Lipinski definition) is 1. The Kier molecular flexibility index (Phi) is 7.33. The lowest BCUT2D eigenvalue weighted by Gasteiger charge is -2.09. The van der Waals surface area contributed by atoms with Crippen LogP contribution < -0.4 is 10.1 Å². The summed E-state index contributed by atoms with van der Waals surface area (Å²) in [5.74, 6) is 1.02. The van der Waals surface area contributed by atoms with Crippen LogP contribution >= 0.6 is 23.4 Å². The van der Waals surface area contributed by atoms with Crippen LogP contribution in [0.2, 0.25) is 5.02 Å². The third-order valence-corrected chi connectivity index (χ3v) is 5.69. The maximum Gasteiger partial charge on any atom is 0.234 e. The van der Waals surface area contributed by atoms with Crippen LogP contribution in [0.1, 0.15) is 31.2 Å². The highest BCUT2D eigenvalue weighted by atomic mass is 35.5. The van der Waals surface area contributed by atoms with Gasteiger partial charge in [0.25, 0.3) is 0 Å². The molecule has 0 fully saturated rings. The summed E-state index contributed by atoms with van der Waals surface area (Å²) in [4.78, 5) is 12.2. The number of carbonyl (C=O) groups is 1. The highest BCUT2D eigenvalue weighted by molar-refractivity contribution is 7.99. The number of nitrogens with one attached hydrogen (secondary N) is 1. The molecule has 9 heteroatoms. The maximum absolute atomic E-state index is 13.2. The van der Waals surface area contributed by atoms with Gasteiger partial charge in [-0.25, -0.2) is 4.39 Å². The number of halogens is 2. The first-order valence-electron chi connectivity index (χ1n) is 9.32. The minimum Gasteiger partial charge on any atom is -0.486 e. The van der Waals surface area contributed by atoms with E-state index in [1.165, 1.54) is 35.5 Å². The van der Waals surface area contributed by atoms with Gasteiger partial charge in [-0.15, -0.1) is 10.2 Å². The molecule has 30 heavy (non-hydrogen) atoms. The highest BCUT2D eigenvalue weighted by Crippen LogP contribution is 2.23. The van der Waals surface area contributed by atoms with E-state index in [-0.39, 0.29) is 23.3 Å². The number of amides is 1. The summed E-state index contributed by atoms with van der Waals surface area (Å²) in [5, 5.41) is 11.6. The predicted molar refractivity (Wildman–Crippen MR) is 117 cm³/mol. The van der Waals surface area contributed by atoms with Crippen LogP contribution in [-0.2, 0) is 18.4 Å². The molecule has 3 aromatic rings. The van der Waals surface area contributed by atoms with Crippen molar-refractivity contribution in [2.45, 2.75) is 31.5 Å². The molecule has 6 nitrogen and oxygen atoms in total. The summed E-state index contributed by atoms with van der Waals surface area (Å²) in [7, 11) is 1.79. The van der Waals surface area contributed by atoms with Gasteiger partial charge in [-0.1, -0.05) is 49.3 Å². The Labute approximate surface area is 183 Å². The topological polar surface area (TPSA) is 69.0 Å². The fourth-order valence-electron chi connectivity index (χ4n) is 2.59. The van der Waals surface area contributed by atoms with Crippen LogP contribution in [0.25, 0.3) is 0 Å². The van der Waals surface area contributed by atoms with E-state index >= 15 is 0 Å². The lowest BCUT2D eigenvalue weighted by Crippen LogP contribution is -2.14. The average molecular weight is 449 g/mol. The lowest BCUT2D eigenvalue weighted by molar-refractivity contribution is -0.113. The second kappa shape index (κ2) is 9.95. The first-order chi connectivity index (χ1) is 14.3. The van der Waals surface area contributed by atoms with E-state index in [2.05, 4.69) is 29.4 Å². The predicted octanol–water partition coefficient (Wildman–Crippen LogP) is 5.04. The Bertz CT molecular complexity index is 1020. The van der Waals surface area contributed by atoms with Crippen molar-refractivity contribution >= 4 is 35.0 Å². The van der Waals surface area contributed by atoms with Gasteiger partial charge in [0.15, 0.2) is 11.0 Å². The molecule has 158 valence electrons. The lowest BCUT2D eigenvalue weighted by atomic mass is 10.0. The van der Waals surface area contributed by atoms with E-state index in [0.29, 0.717) is 22.6 Å². The van der Waals surface area contributed by atoms with Crippen LogP contribution in [0.4, 0.5) is 10.1 Å². The molecular formula is C21H22ClFN4O2S. The van der Waals surface area contributed by atoms with Gasteiger partial charge < -0.3 is 14.6 Å². The Hall–Kier alpha value is -2.58. The Balaban J connectivity index is 1.51. The average Bonchev–Trinajstić information content (AvgIpc) is 3.07. The van der Waals surface area contributed by atoms with E-state index in [1.54, 1.807) is 11.6 Å². The third kappa shape index (κ3) is 5.73. The van der Waals surface area contributed by atoms with Crippen molar-refractivity contribution in [2.24, 2.45) is 7.05 Å². The fraction of sp³-hybridized carbons (Fsp3) is 0.286. The molecule has 0 bridgehead atoms. The Morgan fingerprint density at radius 1 is 1.23 bits per heavy atom. The normalized spacial score (nSPS) is 11.0. The van der Waals surface area contributed by atoms with E-state index in [1.807, 2.05) is 24.3 Å². The summed E-state index contributed by atoms with van der Waals surface area (Å²) in [6, 6.07) is 12.0. The van der Waals surface area contributed by atoms with Crippen molar-refractivity contribution in [1.29, 1.82) is 0 Å². The second-order valence-corrected chi connectivity index (χ2v) is 8.29. The van der Waals surface area contributed by atoms with Gasteiger partial charge in [0.2, 0.25) is 5.91 Å². The summed E-state index contributed by atoms with van der Waals surface area (Å²) >= 11 is 7.03. The maximum atomic E-state index is 13.2. The van der Waals surface area contributed by atoms with Crippen molar-refractivity contribution < 1.29 is 13.9 Å². The first-order valence-corrected chi connectivity index (χ1v) is 10.7. The third-order valence-electron chi connectivity index (χ3n) is 4.38. The molecule has 0 atom stereocenters. The van der Waals surface area contributed by atoms with Crippen LogP contribution in [-0.4, -0.2) is 26.4 Å². The molecule has 0 radical (unpaired) electrons. The summed E-state index contributed by atoms with van der Waals surface area (Å²) in [6.07, 6.45) is 0. The zero-order valence-corrected chi connectivity index (χ0v) is 18.4. The van der Waals surface area contributed by atoms with Crippen LogP contribution in [0.3, 0.4) is 0 Å². The summed E-state index contributed by atoms with van der Waals surface area (Å²) in [6.45, 7) is 4.39. The van der Waals surface area contributed by atoms with Gasteiger partial charge in [-0.2, -0.15) is 0 Å². The van der Waals surface area contributed by atoms with Crippen molar-refractivity contribution in [1.82, 2.24) is 14.8 Å². The van der Waals surface area contributed by atoms with E-state index in [4.69, 9.17) is 16.3 Å². The molecule has 3 rings (SSSR count). The summed E-state index contributed by atoms with van der Waals surface area (Å²) < 4.78 is 20.6. The number of thioether (sulfide) groups is 1. The number of nitrogens with zero attached hydrogens (tertiary/aromatic N) is 3. The smallest absolute Gasteiger partial charge is 0.234 e. The number of rotatable bonds is 8. The van der Waals surface area contributed by atoms with E-state index < -0.39 is 5.82 Å². The molecule has 0 saturated carbocycles. The van der Waals surface area contributed by atoms with Gasteiger partial charge in [0, 0.05) is 18.8 Å². The SMILES string of the molecule is CC(C)c1ccc(NC(=O)CSc2nnc(COc3ccc(F)c(Cl)c3)n2C)cc1. The molecule has 0 aliphatic carbocycles. The zero-order chi connectivity index (χ0) is 21.7. The molecule has 1 N–H and O–H groups in total. The van der Waals surface area contributed by atoms with Crippen molar-refractivity contribution in [3.05, 3.63) is 64.7 Å². The summed E-state index contributed by atoms with van der Waals surface area (Å²) in [5.41, 5.74) is 1.98. The molecule has 1 aromatic heterocycles. The number of hydrogen-bond acceptors (Lipinski definition) is 5. The number of benzene rings is 2. The molecule has 0 aliphatic heterocycles.